The van der Waals surface area contributed by atoms with Crippen molar-refractivity contribution in [3.8, 4) is 10.6 Å². The van der Waals surface area contributed by atoms with Crippen LogP contribution in [0.2, 0.25) is 0 Å². The summed E-state index contributed by atoms with van der Waals surface area (Å²) in [6.07, 6.45) is 5.14. The lowest BCUT2D eigenvalue weighted by Gasteiger charge is -2.12. The van der Waals surface area contributed by atoms with Crippen molar-refractivity contribution in [3.05, 3.63) is 29.1 Å². The smallest absolute Gasteiger partial charge is 0.203 e. The zero-order valence-electron chi connectivity index (χ0n) is 16.0. The van der Waals surface area contributed by atoms with Crippen LogP contribution in [0, 0.1) is 0 Å². The summed E-state index contributed by atoms with van der Waals surface area (Å²) in [6, 6.07) is 8.41. The Morgan fingerprint density at radius 2 is 1.83 bits per heavy atom. The fraction of sp³-hybridized carbons (Fsp3) is 0.579. The van der Waals surface area contributed by atoms with E-state index in [0.717, 1.165) is 28.3 Å². The number of anilines is 1. The van der Waals surface area contributed by atoms with Gasteiger partial charge in [0.25, 0.3) is 0 Å². The topological polar surface area (TPSA) is 33.4 Å². The van der Waals surface area contributed by atoms with Gasteiger partial charge in [-0.05, 0) is 18.6 Å². The number of aromatic nitrogens is 2. The number of benzene rings is 1. The van der Waals surface area contributed by atoms with Crippen LogP contribution in [0.3, 0.4) is 0 Å². The number of rotatable bonds is 6. The first-order valence-electron chi connectivity index (χ1n) is 8.85. The Bertz CT molecular complexity index is 653. The maximum Gasteiger partial charge on any atom is 0.203 e. The van der Waals surface area contributed by atoms with E-state index >= 15 is 0 Å². The monoisotopic (exact) mass is 348 g/mol. The van der Waals surface area contributed by atoms with E-state index in [1.54, 1.807) is 11.3 Å². The number of hydrogen-bond donors (Lipinski definition) is 0. The molecule has 0 aliphatic carbocycles. The van der Waals surface area contributed by atoms with Crippen LogP contribution in [-0.2, 0) is 7.05 Å². The average molecular weight is 349 g/mol. The van der Waals surface area contributed by atoms with Crippen LogP contribution in [0.4, 0.5) is 5.69 Å². The van der Waals surface area contributed by atoms with Crippen LogP contribution < -0.4 is 9.70 Å². The molecule has 0 aliphatic heterocycles. The maximum atomic E-state index is 4.56. The molecular weight excluding hydrogens is 316 g/mol. The summed E-state index contributed by atoms with van der Waals surface area (Å²) in [7, 11) is 6.04. The largest absolute Gasteiger partial charge is 0.378 e. The molecule has 1 aromatic heterocycles. The summed E-state index contributed by atoms with van der Waals surface area (Å²) in [5, 5.41) is 5.57. The maximum absolute atomic E-state index is 4.56. The summed E-state index contributed by atoms with van der Waals surface area (Å²) < 4.78 is 1.86. The van der Waals surface area contributed by atoms with E-state index in [1.807, 2.05) is 25.8 Å². The van der Waals surface area contributed by atoms with Gasteiger partial charge in [-0.3, -0.25) is 4.99 Å². The van der Waals surface area contributed by atoms with E-state index in [2.05, 4.69) is 60.0 Å². The van der Waals surface area contributed by atoms with Crippen LogP contribution in [0.5, 0.6) is 0 Å². The van der Waals surface area contributed by atoms with Crippen molar-refractivity contribution in [2.45, 2.75) is 46.5 Å². The minimum absolute atomic E-state index is 0.854. The summed E-state index contributed by atoms with van der Waals surface area (Å²) >= 11 is 1.64. The van der Waals surface area contributed by atoms with Gasteiger partial charge in [-0.1, -0.05) is 63.5 Å². The van der Waals surface area contributed by atoms with Gasteiger partial charge in [0, 0.05) is 38.9 Å². The summed E-state index contributed by atoms with van der Waals surface area (Å²) in [5.74, 6) is 0. The summed E-state index contributed by atoms with van der Waals surface area (Å²) in [6.45, 7) is 7.41. The molecule has 0 bridgehead atoms. The third kappa shape index (κ3) is 6.48. The van der Waals surface area contributed by atoms with Crippen molar-refractivity contribution in [3.63, 3.8) is 0 Å². The van der Waals surface area contributed by atoms with Crippen molar-refractivity contribution in [1.29, 1.82) is 0 Å². The first kappa shape index (κ1) is 20.4. The van der Waals surface area contributed by atoms with E-state index in [-0.39, 0.29) is 0 Å². The highest BCUT2D eigenvalue weighted by Crippen LogP contribution is 2.23. The van der Waals surface area contributed by atoms with Crippen LogP contribution in [-0.4, -0.2) is 30.4 Å². The van der Waals surface area contributed by atoms with Crippen molar-refractivity contribution in [2.24, 2.45) is 12.0 Å². The summed E-state index contributed by atoms with van der Waals surface area (Å²) in [4.78, 5) is 7.61. The lowest BCUT2D eigenvalue weighted by atomic mass is 10.2. The standard InChI is InChI=1S/C14H20N4S.C5H12/c1-5-9-15-14-18(4)16-13(19-14)11-7-6-8-12(10-11)17(2)3;1-3-5-4-2/h6-8,10H,5,9H2,1-4H3;3-5H2,1-2H3. The molecule has 0 saturated heterocycles. The molecule has 5 heteroatoms. The Kier molecular flexibility index (Phi) is 9.38. The molecule has 0 radical (unpaired) electrons. The number of hydrogen-bond acceptors (Lipinski definition) is 4. The van der Waals surface area contributed by atoms with Crippen LogP contribution >= 0.6 is 11.3 Å². The van der Waals surface area contributed by atoms with Gasteiger partial charge < -0.3 is 4.90 Å². The predicted octanol–water partition coefficient (Wildman–Crippen LogP) is 4.72. The second-order valence-electron chi connectivity index (χ2n) is 5.99. The van der Waals surface area contributed by atoms with Gasteiger partial charge in [0.05, 0.1) is 0 Å². The highest BCUT2D eigenvalue weighted by molar-refractivity contribution is 7.12. The number of nitrogens with zero attached hydrogens (tertiary/aromatic N) is 4. The van der Waals surface area contributed by atoms with Gasteiger partial charge in [0.15, 0.2) is 0 Å². The molecule has 0 spiro atoms. The van der Waals surface area contributed by atoms with Crippen molar-refractivity contribution in [2.75, 3.05) is 25.5 Å². The van der Waals surface area contributed by atoms with Gasteiger partial charge >= 0.3 is 0 Å². The average Bonchev–Trinajstić information content (AvgIpc) is 2.95. The Balaban J connectivity index is 0.000000505. The molecular formula is C19H32N4S. The lowest BCUT2D eigenvalue weighted by molar-refractivity contribution is 0.715. The third-order valence-corrected chi connectivity index (χ3v) is 4.58. The molecule has 0 N–H and O–H groups in total. The van der Waals surface area contributed by atoms with Gasteiger partial charge in [-0.25, -0.2) is 4.68 Å². The van der Waals surface area contributed by atoms with Gasteiger partial charge in [0.2, 0.25) is 4.80 Å². The zero-order chi connectivity index (χ0) is 17.9. The molecule has 24 heavy (non-hydrogen) atoms. The van der Waals surface area contributed by atoms with E-state index in [9.17, 15) is 0 Å². The van der Waals surface area contributed by atoms with Crippen LogP contribution in [0.15, 0.2) is 29.3 Å². The molecule has 1 heterocycles. The molecule has 1 aromatic carbocycles. The van der Waals surface area contributed by atoms with E-state index in [0.29, 0.717) is 0 Å². The SMILES string of the molecule is CCCCC.CCCN=c1sc(-c2cccc(N(C)C)c2)nn1C. The predicted molar refractivity (Wildman–Crippen MR) is 107 cm³/mol. The number of unbranched alkanes of at least 4 members (excludes halogenated alkanes) is 2. The van der Waals surface area contributed by atoms with Crippen molar-refractivity contribution >= 4 is 17.0 Å². The summed E-state index contributed by atoms with van der Waals surface area (Å²) in [5.41, 5.74) is 2.33. The molecule has 0 unspecified atom stereocenters. The van der Waals surface area contributed by atoms with Crippen LogP contribution in [0.25, 0.3) is 10.6 Å². The van der Waals surface area contributed by atoms with Gasteiger partial charge in [-0.15, -0.1) is 0 Å². The third-order valence-electron chi connectivity index (χ3n) is 3.49. The molecule has 0 fully saturated rings. The fourth-order valence-electron chi connectivity index (χ4n) is 2.08. The first-order valence-corrected chi connectivity index (χ1v) is 9.67. The molecule has 4 nitrogen and oxygen atoms in total. The molecule has 134 valence electrons. The van der Waals surface area contributed by atoms with Gasteiger partial charge in [0.1, 0.15) is 5.01 Å². The minimum atomic E-state index is 0.854. The van der Waals surface area contributed by atoms with Crippen molar-refractivity contribution in [1.82, 2.24) is 9.78 Å². The van der Waals surface area contributed by atoms with Crippen LogP contribution in [0.1, 0.15) is 46.5 Å². The highest BCUT2D eigenvalue weighted by atomic mass is 32.1. The first-order chi connectivity index (χ1) is 11.5. The molecule has 0 atom stereocenters. The molecule has 0 amide bonds. The van der Waals surface area contributed by atoms with E-state index in [4.69, 9.17) is 0 Å². The fourth-order valence-corrected chi connectivity index (χ4v) is 2.99. The molecule has 2 aromatic rings. The number of aryl methyl sites for hydroxylation is 1. The van der Waals surface area contributed by atoms with Crippen molar-refractivity contribution < 1.29 is 0 Å². The minimum Gasteiger partial charge on any atom is -0.378 e. The highest BCUT2D eigenvalue weighted by Gasteiger charge is 2.06. The Labute approximate surface area is 150 Å². The molecule has 0 aliphatic rings. The Morgan fingerprint density at radius 3 is 2.38 bits per heavy atom. The molecule has 0 saturated carbocycles. The molecule has 2 rings (SSSR count). The van der Waals surface area contributed by atoms with E-state index < -0.39 is 0 Å². The Hall–Kier alpha value is -1.62. The van der Waals surface area contributed by atoms with E-state index in [1.165, 1.54) is 24.9 Å². The van der Waals surface area contributed by atoms with Gasteiger partial charge in [-0.2, -0.15) is 5.10 Å². The quantitative estimate of drug-likeness (QED) is 0.756. The normalized spacial score (nSPS) is 11.2. The second kappa shape index (κ2) is 11.0. The lowest BCUT2D eigenvalue weighted by Crippen LogP contribution is -2.12. The zero-order valence-corrected chi connectivity index (χ0v) is 16.9. The second-order valence-corrected chi connectivity index (χ2v) is 6.95. The Morgan fingerprint density at radius 1 is 1.12 bits per heavy atom.